The fraction of sp³-hybridized carbons (Fsp3) is 0.0625. The van der Waals surface area contributed by atoms with E-state index in [1.807, 2.05) is 24.3 Å². The Bertz CT molecular complexity index is 758. The van der Waals surface area contributed by atoms with Crippen molar-refractivity contribution in [3.8, 4) is 0 Å². The van der Waals surface area contributed by atoms with Gasteiger partial charge in [-0.05, 0) is 29.8 Å². The minimum atomic E-state index is -0.662. The highest BCUT2D eigenvalue weighted by Gasteiger charge is 2.09. The van der Waals surface area contributed by atoms with Crippen LogP contribution in [0.2, 0.25) is 0 Å². The van der Waals surface area contributed by atoms with Crippen LogP contribution in [-0.4, -0.2) is 10.9 Å². The van der Waals surface area contributed by atoms with Crippen molar-refractivity contribution in [1.29, 1.82) is 0 Å². The van der Waals surface area contributed by atoms with Gasteiger partial charge in [-0.1, -0.05) is 18.2 Å². The minimum absolute atomic E-state index is 0.0584. The highest BCUT2D eigenvalue weighted by Crippen LogP contribution is 2.14. The molecule has 0 aliphatic rings. The first-order chi connectivity index (χ1) is 10.1. The number of aromatic amines is 1. The Morgan fingerprint density at radius 3 is 2.48 bits per heavy atom. The van der Waals surface area contributed by atoms with Crippen molar-refractivity contribution < 1.29 is 13.6 Å². The van der Waals surface area contributed by atoms with E-state index in [9.17, 15) is 13.6 Å². The molecule has 0 atom stereocenters. The van der Waals surface area contributed by atoms with Gasteiger partial charge in [0.1, 0.15) is 17.3 Å². The summed E-state index contributed by atoms with van der Waals surface area (Å²) in [6.07, 6.45) is 0. The molecule has 106 valence electrons. The maximum Gasteiger partial charge on any atom is 0.267 e. The number of amides is 1. The van der Waals surface area contributed by atoms with Crippen molar-refractivity contribution in [1.82, 2.24) is 10.3 Å². The standard InChI is InChI=1S/C16H12F2N2O/c17-12-5-10(6-13(18)8-12)9-19-16(21)15-7-11-3-1-2-4-14(11)20-15/h1-8,20H,9H2,(H,19,21). The molecule has 0 unspecified atom stereocenters. The molecule has 0 fully saturated rings. The number of halogens is 2. The summed E-state index contributed by atoms with van der Waals surface area (Å²) in [5, 5.41) is 3.56. The number of rotatable bonds is 3. The highest BCUT2D eigenvalue weighted by atomic mass is 19.1. The quantitative estimate of drug-likeness (QED) is 0.761. The van der Waals surface area contributed by atoms with Gasteiger partial charge in [0.15, 0.2) is 0 Å². The van der Waals surface area contributed by atoms with Gasteiger partial charge in [0, 0.05) is 23.5 Å². The first kappa shape index (κ1) is 13.3. The average Bonchev–Trinajstić information content (AvgIpc) is 2.87. The molecule has 1 amide bonds. The van der Waals surface area contributed by atoms with Gasteiger partial charge < -0.3 is 10.3 Å². The zero-order valence-corrected chi connectivity index (χ0v) is 11.0. The Labute approximate surface area is 119 Å². The zero-order valence-electron chi connectivity index (χ0n) is 11.0. The number of hydrogen-bond donors (Lipinski definition) is 2. The van der Waals surface area contributed by atoms with E-state index in [4.69, 9.17) is 0 Å². The van der Waals surface area contributed by atoms with Gasteiger partial charge in [-0.2, -0.15) is 0 Å². The van der Waals surface area contributed by atoms with Gasteiger partial charge in [-0.3, -0.25) is 4.79 Å². The van der Waals surface area contributed by atoms with Gasteiger partial charge in [0.25, 0.3) is 5.91 Å². The third-order valence-corrected chi connectivity index (χ3v) is 3.15. The van der Waals surface area contributed by atoms with E-state index in [1.165, 1.54) is 12.1 Å². The number of hydrogen-bond acceptors (Lipinski definition) is 1. The number of nitrogens with one attached hydrogen (secondary N) is 2. The second-order valence-electron chi connectivity index (χ2n) is 4.73. The van der Waals surface area contributed by atoms with Gasteiger partial charge in [0.2, 0.25) is 0 Å². The predicted octanol–water partition coefficient (Wildman–Crippen LogP) is 3.38. The molecule has 0 aliphatic carbocycles. The molecule has 0 radical (unpaired) electrons. The summed E-state index contributed by atoms with van der Waals surface area (Å²) in [5.74, 6) is -1.65. The van der Waals surface area contributed by atoms with Crippen molar-refractivity contribution in [2.24, 2.45) is 0 Å². The Morgan fingerprint density at radius 2 is 1.76 bits per heavy atom. The number of para-hydroxylation sites is 1. The molecule has 0 saturated carbocycles. The predicted molar refractivity (Wildman–Crippen MR) is 75.8 cm³/mol. The fourth-order valence-electron chi connectivity index (χ4n) is 2.19. The van der Waals surface area contributed by atoms with E-state index in [1.54, 1.807) is 6.07 Å². The first-order valence-corrected chi connectivity index (χ1v) is 6.43. The molecule has 0 aliphatic heterocycles. The van der Waals surface area contributed by atoms with Gasteiger partial charge in [0.05, 0.1) is 0 Å². The van der Waals surface area contributed by atoms with Crippen molar-refractivity contribution >= 4 is 16.8 Å². The summed E-state index contributed by atoms with van der Waals surface area (Å²) in [5.41, 5.74) is 1.64. The molecule has 2 N–H and O–H groups in total. The summed E-state index contributed by atoms with van der Waals surface area (Å²) in [6.45, 7) is 0.0584. The van der Waals surface area contributed by atoms with Crippen LogP contribution in [0.25, 0.3) is 10.9 Å². The Morgan fingerprint density at radius 1 is 1.05 bits per heavy atom. The normalized spacial score (nSPS) is 10.8. The SMILES string of the molecule is O=C(NCc1cc(F)cc(F)c1)c1cc2ccccc2[nH]1. The molecule has 3 nitrogen and oxygen atoms in total. The zero-order chi connectivity index (χ0) is 14.8. The van der Waals surface area contributed by atoms with Crippen LogP contribution < -0.4 is 5.32 Å². The van der Waals surface area contributed by atoms with E-state index >= 15 is 0 Å². The van der Waals surface area contributed by atoms with Crippen molar-refractivity contribution in [3.05, 3.63) is 71.4 Å². The molecule has 5 heteroatoms. The maximum absolute atomic E-state index is 13.1. The molecule has 0 saturated heterocycles. The van der Waals surface area contributed by atoms with Crippen molar-refractivity contribution in [2.75, 3.05) is 0 Å². The van der Waals surface area contributed by atoms with E-state index in [0.29, 0.717) is 11.3 Å². The summed E-state index contributed by atoms with van der Waals surface area (Å²) in [7, 11) is 0. The lowest BCUT2D eigenvalue weighted by molar-refractivity contribution is 0.0946. The van der Waals surface area contributed by atoms with E-state index < -0.39 is 11.6 Å². The number of fused-ring (bicyclic) bond motifs is 1. The van der Waals surface area contributed by atoms with Crippen LogP contribution in [0.3, 0.4) is 0 Å². The summed E-state index contributed by atoms with van der Waals surface area (Å²) >= 11 is 0. The maximum atomic E-state index is 13.1. The van der Waals surface area contributed by atoms with E-state index in [2.05, 4.69) is 10.3 Å². The third kappa shape index (κ3) is 2.91. The molecule has 1 heterocycles. The number of H-pyrrole nitrogens is 1. The smallest absolute Gasteiger partial charge is 0.267 e. The number of carbonyl (C=O) groups is 1. The van der Waals surface area contributed by atoms with Crippen LogP contribution in [0.4, 0.5) is 8.78 Å². The van der Waals surface area contributed by atoms with Crippen molar-refractivity contribution in [3.63, 3.8) is 0 Å². The largest absolute Gasteiger partial charge is 0.351 e. The molecular formula is C16H12F2N2O. The number of benzene rings is 2. The second kappa shape index (κ2) is 5.36. The topological polar surface area (TPSA) is 44.9 Å². The summed E-state index contributed by atoms with van der Waals surface area (Å²) < 4.78 is 26.1. The molecule has 0 bridgehead atoms. The molecule has 3 aromatic rings. The molecule has 1 aromatic heterocycles. The third-order valence-electron chi connectivity index (χ3n) is 3.15. The van der Waals surface area contributed by atoms with Crippen LogP contribution in [0, 0.1) is 11.6 Å². The fourth-order valence-corrected chi connectivity index (χ4v) is 2.19. The molecule has 3 rings (SSSR count). The Kier molecular flexibility index (Phi) is 3.39. The molecular weight excluding hydrogens is 274 g/mol. The number of aromatic nitrogens is 1. The van der Waals surface area contributed by atoms with Crippen LogP contribution in [-0.2, 0) is 6.54 Å². The number of carbonyl (C=O) groups excluding carboxylic acids is 1. The average molecular weight is 286 g/mol. The Balaban J connectivity index is 1.74. The lowest BCUT2D eigenvalue weighted by Crippen LogP contribution is -2.23. The molecule has 0 spiro atoms. The van der Waals surface area contributed by atoms with E-state index in [-0.39, 0.29) is 12.5 Å². The molecule has 2 aromatic carbocycles. The minimum Gasteiger partial charge on any atom is -0.351 e. The monoisotopic (exact) mass is 286 g/mol. The first-order valence-electron chi connectivity index (χ1n) is 6.43. The lowest BCUT2D eigenvalue weighted by atomic mass is 10.2. The van der Waals surface area contributed by atoms with Crippen LogP contribution in [0.15, 0.2) is 48.5 Å². The highest BCUT2D eigenvalue weighted by molar-refractivity contribution is 5.97. The summed E-state index contributed by atoms with van der Waals surface area (Å²) in [6, 6.07) is 12.4. The van der Waals surface area contributed by atoms with Crippen LogP contribution in [0.5, 0.6) is 0 Å². The summed E-state index contributed by atoms with van der Waals surface area (Å²) in [4.78, 5) is 15.0. The van der Waals surface area contributed by atoms with Crippen LogP contribution >= 0.6 is 0 Å². The van der Waals surface area contributed by atoms with Crippen LogP contribution in [0.1, 0.15) is 16.1 Å². The Hall–Kier alpha value is -2.69. The molecule has 21 heavy (non-hydrogen) atoms. The lowest BCUT2D eigenvalue weighted by Gasteiger charge is -2.04. The van der Waals surface area contributed by atoms with E-state index in [0.717, 1.165) is 17.0 Å². The van der Waals surface area contributed by atoms with Gasteiger partial charge in [-0.25, -0.2) is 8.78 Å². The van der Waals surface area contributed by atoms with Crippen molar-refractivity contribution in [2.45, 2.75) is 6.54 Å². The second-order valence-corrected chi connectivity index (χ2v) is 4.73. The van der Waals surface area contributed by atoms with Gasteiger partial charge >= 0.3 is 0 Å². The van der Waals surface area contributed by atoms with Gasteiger partial charge in [-0.15, -0.1) is 0 Å².